The second-order valence-corrected chi connectivity index (χ2v) is 9.45. The first-order chi connectivity index (χ1) is 15.8. The highest BCUT2D eigenvalue weighted by atomic mass is 32.2. The predicted octanol–water partition coefficient (Wildman–Crippen LogP) is 3.85. The molecule has 1 unspecified atom stereocenters. The molecule has 0 bridgehead atoms. The summed E-state index contributed by atoms with van der Waals surface area (Å²) in [5, 5.41) is 2.92. The molecular formula is C25H27N3O4S. The number of nitrogens with zero attached hydrogens (tertiary/aromatic N) is 2. The zero-order valence-electron chi connectivity index (χ0n) is 19.0. The highest BCUT2D eigenvalue weighted by Crippen LogP contribution is 2.28. The second kappa shape index (κ2) is 9.39. The molecule has 0 aromatic heterocycles. The quantitative estimate of drug-likeness (QED) is 0.655. The Hall–Kier alpha value is -3.13. The Bertz CT molecular complexity index is 1150. The van der Waals surface area contributed by atoms with E-state index < -0.39 is 6.04 Å². The average molecular weight is 466 g/mol. The molecule has 2 aromatic rings. The van der Waals surface area contributed by atoms with Crippen LogP contribution in [0.15, 0.2) is 36.4 Å². The van der Waals surface area contributed by atoms with Gasteiger partial charge in [-0.3, -0.25) is 24.1 Å². The summed E-state index contributed by atoms with van der Waals surface area (Å²) in [6, 6.07) is 9.70. The van der Waals surface area contributed by atoms with Crippen LogP contribution in [0.2, 0.25) is 0 Å². The van der Waals surface area contributed by atoms with Crippen molar-refractivity contribution in [2.45, 2.75) is 39.7 Å². The maximum Gasteiger partial charge on any atom is 0.261 e. The van der Waals surface area contributed by atoms with E-state index in [9.17, 15) is 19.2 Å². The summed E-state index contributed by atoms with van der Waals surface area (Å²) in [5.74, 6) is -0.362. The largest absolute Gasteiger partial charge is 0.324 e. The Morgan fingerprint density at radius 1 is 1.03 bits per heavy atom. The van der Waals surface area contributed by atoms with E-state index >= 15 is 0 Å². The number of hydrogen-bond acceptors (Lipinski definition) is 5. The lowest BCUT2D eigenvalue weighted by Gasteiger charge is -2.23. The molecule has 0 spiro atoms. The van der Waals surface area contributed by atoms with Crippen molar-refractivity contribution < 1.29 is 19.2 Å². The highest BCUT2D eigenvalue weighted by Gasteiger charge is 2.38. The van der Waals surface area contributed by atoms with Crippen LogP contribution in [0.3, 0.4) is 0 Å². The third kappa shape index (κ3) is 4.39. The Labute approximate surface area is 197 Å². The first-order valence-electron chi connectivity index (χ1n) is 11.1. The van der Waals surface area contributed by atoms with Gasteiger partial charge in [-0.15, -0.1) is 11.8 Å². The van der Waals surface area contributed by atoms with Crippen molar-refractivity contribution in [1.82, 2.24) is 9.80 Å². The van der Waals surface area contributed by atoms with Crippen molar-refractivity contribution >= 4 is 41.1 Å². The molecule has 4 rings (SSSR count). The van der Waals surface area contributed by atoms with Gasteiger partial charge >= 0.3 is 0 Å². The van der Waals surface area contributed by atoms with Gasteiger partial charge in [0, 0.05) is 23.5 Å². The predicted molar refractivity (Wildman–Crippen MR) is 129 cm³/mol. The fraction of sp³-hybridized carbons (Fsp3) is 0.360. The molecule has 0 radical (unpaired) electrons. The fourth-order valence-electron chi connectivity index (χ4n) is 4.01. The van der Waals surface area contributed by atoms with Gasteiger partial charge in [-0.2, -0.15) is 0 Å². The van der Waals surface area contributed by atoms with Crippen LogP contribution in [-0.2, 0) is 4.79 Å². The molecule has 2 aliphatic rings. The van der Waals surface area contributed by atoms with Crippen LogP contribution in [0, 0.1) is 13.8 Å². The normalized spacial score (nSPS) is 17.5. The minimum Gasteiger partial charge on any atom is -0.324 e. The van der Waals surface area contributed by atoms with Gasteiger partial charge in [0.25, 0.3) is 17.7 Å². The van der Waals surface area contributed by atoms with E-state index in [0.717, 1.165) is 24.0 Å². The number of fused-ring (bicyclic) bond motifs is 1. The average Bonchev–Trinajstić information content (AvgIpc) is 3.38. The SMILES string of the molecule is CCCCN1C(=O)c2ccc(C(=O)N3CSCC3C(=O)Nc3ccc(C)c(C)c3)cc2C1=O. The smallest absolute Gasteiger partial charge is 0.261 e. The van der Waals surface area contributed by atoms with Crippen molar-refractivity contribution in [3.63, 3.8) is 0 Å². The molecule has 4 amide bonds. The van der Waals surface area contributed by atoms with Crippen LogP contribution in [-0.4, -0.2) is 57.6 Å². The Morgan fingerprint density at radius 2 is 1.79 bits per heavy atom. The first kappa shape index (κ1) is 23.0. The number of unbranched alkanes of at least 4 members (excludes halogenated alkanes) is 1. The number of benzene rings is 2. The van der Waals surface area contributed by atoms with Gasteiger partial charge in [0.2, 0.25) is 5.91 Å². The van der Waals surface area contributed by atoms with E-state index in [1.807, 2.05) is 39.0 Å². The summed E-state index contributed by atoms with van der Waals surface area (Å²) in [6.45, 7) is 6.35. The number of anilines is 1. The number of amides is 4. The molecule has 2 heterocycles. The molecule has 1 atom stereocenters. The van der Waals surface area contributed by atoms with Crippen molar-refractivity contribution in [2.24, 2.45) is 0 Å². The van der Waals surface area contributed by atoms with Crippen molar-refractivity contribution in [1.29, 1.82) is 0 Å². The van der Waals surface area contributed by atoms with Crippen molar-refractivity contribution in [2.75, 3.05) is 23.5 Å². The topological polar surface area (TPSA) is 86.8 Å². The zero-order chi connectivity index (χ0) is 23.7. The summed E-state index contributed by atoms with van der Waals surface area (Å²) in [6.07, 6.45) is 1.61. The summed E-state index contributed by atoms with van der Waals surface area (Å²) in [4.78, 5) is 54.3. The lowest BCUT2D eigenvalue weighted by molar-refractivity contribution is -0.119. The van der Waals surface area contributed by atoms with Crippen LogP contribution in [0.5, 0.6) is 0 Å². The molecule has 0 aliphatic carbocycles. The third-order valence-corrected chi connectivity index (χ3v) is 7.19. The minimum atomic E-state index is -0.615. The molecule has 0 saturated carbocycles. The number of carbonyl (C=O) groups excluding carboxylic acids is 4. The number of aryl methyl sites for hydroxylation is 2. The number of hydrogen-bond donors (Lipinski definition) is 1. The van der Waals surface area contributed by atoms with Gasteiger partial charge in [0.15, 0.2) is 0 Å². The molecule has 1 N–H and O–H groups in total. The van der Waals surface area contributed by atoms with Gasteiger partial charge in [0.1, 0.15) is 6.04 Å². The monoisotopic (exact) mass is 465 g/mol. The number of carbonyl (C=O) groups is 4. The van der Waals surface area contributed by atoms with E-state index in [1.54, 1.807) is 12.1 Å². The van der Waals surface area contributed by atoms with Crippen LogP contribution < -0.4 is 5.32 Å². The first-order valence-corrected chi connectivity index (χ1v) is 12.2. The minimum absolute atomic E-state index is 0.241. The fourth-order valence-corrected chi connectivity index (χ4v) is 5.17. The second-order valence-electron chi connectivity index (χ2n) is 8.45. The zero-order valence-corrected chi connectivity index (χ0v) is 19.8. The Kier molecular flexibility index (Phi) is 6.56. The maximum atomic E-state index is 13.3. The Balaban J connectivity index is 1.51. The molecule has 2 aliphatic heterocycles. The maximum absolute atomic E-state index is 13.3. The van der Waals surface area contributed by atoms with Gasteiger partial charge in [-0.1, -0.05) is 19.4 Å². The lowest BCUT2D eigenvalue weighted by Crippen LogP contribution is -2.44. The molecule has 8 heteroatoms. The molecule has 1 fully saturated rings. The van der Waals surface area contributed by atoms with Crippen molar-refractivity contribution in [3.05, 3.63) is 64.2 Å². The van der Waals surface area contributed by atoms with E-state index in [1.165, 1.54) is 27.6 Å². The Morgan fingerprint density at radius 3 is 2.52 bits per heavy atom. The standard InChI is InChI=1S/C25H27N3O4S/c1-4-5-10-27-24(31)19-9-7-17(12-20(19)25(27)32)23(30)28-14-33-13-21(28)22(29)26-18-8-6-15(2)16(3)11-18/h6-9,11-12,21H,4-5,10,13-14H2,1-3H3,(H,26,29). The van der Waals surface area contributed by atoms with E-state index in [4.69, 9.17) is 0 Å². The third-order valence-electron chi connectivity index (χ3n) is 6.17. The van der Waals surface area contributed by atoms with Gasteiger partial charge in [-0.25, -0.2) is 0 Å². The van der Waals surface area contributed by atoms with Crippen LogP contribution in [0.1, 0.15) is 62.0 Å². The van der Waals surface area contributed by atoms with Crippen LogP contribution in [0.25, 0.3) is 0 Å². The van der Waals surface area contributed by atoms with E-state index in [2.05, 4.69) is 5.32 Å². The summed E-state index contributed by atoms with van der Waals surface area (Å²) >= 11 is 1.51. The number of nitrogens with one attached hydrogen (secondary N) is 1. The van der Waals surface area contributed by atoms with Crippen LogP contribution in [0.4, 0.5) is 5.69 Å². The van der Waals surface area contributed by atoms with Crippen molar-refractivity contribution in [3.8, 4) is 0 Å². The molecule has 1 saturated heterocycles. The molecule has 7 nitrogen and oxygen atoms in total. The van der Waals surface area contributed by atoms with Gasteiger partial charge < -0.3 is 10.2 Å². The summed E-state index contributed by atoms with van der Waals surface area (Å²) in [7, 11) is 0. The van der Waals surface area contributed by atoms with Gasteiger partial charge in [0.05, 0.1) is 17.0 Å². The number of imide groups is 1. The number of rotatable bonds is 6. The lowest BCUT2D eigenvalue weighted by atomic mass is 10.0. The number of thioether (sulfide) groups is 1. The molecular weight excluding hydrogens is 438 g/mol. The highest BCUT2D eigenvalue weighted by molar-refractivity contribution is 7.99. The van der Waals surface area contributed by atoms with E-state index in [-0.39, 0.29) is 29.2 Å². The molecule has 33 heavy (non-hydrogen) atoms. The summed E-state index contributed by atoms with van der Waals surface area (Å²) < 4.78 is 0. The van der Waals surface area contributed by atoms with Crippen LogP contribution >= 0.6 is 11.8 Å². The van der Waals surface area contributed by atoms with E-state index in [0.29, 0.717) is 35.0 Å². The molecule has 2 aromatic carbocycles. The molecule has 172 valence electrons. The summed E-state index contributed by atoms with van der Waals surface area (Å²) in [5.41, 5.74) is 3.79. The van der Waals surface area contributed by atoms with Gasteiger partial charge in [-0.05, 0) is 61.7 Å².